The number of H-pyrrole nitrogens is 1. The van der Waals surface area contributed by atoms with Crippen LogP contribution in [0.15, 0.2) is 46.0 Å². The molecule has 0 radical (unpaired) electrons. The molecular formula is C16H16N2O3S2. The number of rotatable bonds is 3. The van der Waals surface area contributed by atoms with Crippen LogP contribution in [-0.2, 0) is 23.0 Å². The summed E-state index contributed by atoms with van der Waals surface area (Å²) in [6.07, 6.45) is 0.514. The Bertz CT molecular complexity index is 945. The van der Waals surface area contributed by atoms with Crippen LogP contribution < -0.4 is 0 Å². The molecule has 23 heavy (non-hydrogen) atoms. The van der Waals surface area contributed by atoms with Gasteiger partial charge in [-0.25, -0.2) is 8.42 Å². The Morgan fingerprint density at radius 1 is 1.26 bits per heavy atom. The maximum atomic E-state index is 12.9. The Morgan fingerprint density at radius 3 is 2.83 bits per heavy atom. The molecule has 1 atom stereocenters. The van der Waals surface area contributed by atoms with Crippen LogP contribution >= 0.6 is 11.3 Å². The highest BCUT2D eigenvalue weighted by atomic mass is 32.2. The molecule has 0 saturated carbocycles. The van der Waals surface area contributed by atoms with Crippen molar-refractivity contribution in [3.05, 3.63) is 53.0 Å². The van der Waals surface area contributed by atoms with Crippen molar-refractivity contribution in [3.8, 4) is 0 Å². The lowest BCUT2D eigenvalue weighted by molar-refractivity contribution is 0.173. The third kappa shape index (κ3) is 2.31. The van der Waals surface area contributed by atoms with Gasteiger partial charge in [0.15, 0.2) is 0 Å². The number of para-hydroxylation sites is 1. The van der Waals surface area contributed by atoms with Gasteiger partial charge in [-0.1, -0.05) is 24.3 Å². The summed E-state index contributed by atoms with van der Waals surface area (Å²) in [5.74, 6) is 0. The first-order valence-electron chi connectivity index (χ1n) is 7.36. The summed E-state index contributed by atoms with van der Waals surface area (Å²) >= 11 is 1.20. The minimum Gasteiger partial charge on any atom is -0.395 e. The van der Waals surface area contributed by atoms with Crippen LogP contribution in [0, 0.1) is 0 Å². The van der Waals surface area contributed by atoms with Crippen molar-refractivity contribution in [1.82, 2.24) is 9.29 Å². The fraction of sp³-hybridized carbons (Fsp3) is 0.250. The molecule has 0 fully saturated rings. The van der Waals surface area contributed by atoms with Gasteiger partial charge in [-0.3, -0.25) is 0 Å². The number of aromatic amines is 1. The molecular weight excluding hydrogens is 332 g/mol. The quantitative estimate of drug-likeness (QED) is 0.763. The molecule has 0 amide bonds. The summed E-state index contributed by atoms with van der Waals surface area (Å²) in [6, 6.07) is 10.8. The molecule has 1 aliphatic rings. The van der Waals surface area contributed by atoms with E-state index >= 15 is 0 Å². The highest BCUT2D eigenvalue weighted by molar-refractivity contribution is 7.91. The number of thiophene rings is 1. The van der Waals surface area contributed by atoms with E-state index in [1.54, 1.807) is 17.5 Å². The Labute approximate surface area is 138 Å². The molecule has 3 aromatic rings. The fourth-order valence-corrected chi connectivity index (χ4v) is 5.91. The highest BCUT2D eigenvalue weighted by Gasteiger charge is 2.37. The standard InChI is InChI=1S/C16H16N2O3S2/c19-10-11-8-13-12-4-1-2-5-14(12)17-15(13)9-18(11)23(20,21)16-6-3-7-22-16/h1-7,11,17,19H,8-10H2. The lowest BCUT2D eigenvalue weighted by Gasteiger charge is -2.33. The number of hydrogen-bond acceptors (Lipinski definition) is 4. The largest absolute Gasteiger partial charge is 0.395 e. The number of aliphatic hydroxyl groups excluding tert-OH is 1. The summed E-state index contributed by atoms with van der Waals surface area (Å²) < 4.78 is 27.4. The van der Waals surface area contributed by atoms with E-state index in [2.05, 4.69) is 4.98 Å². The van der Waals surface area contributed by atoms with Gasteiger partial charge < -0.3 is 10.1 Å². The smallest absolute Gasteiger partial charge is 0.253 e. The molecule has 0 saturated heterocycles. The van der Waals surface area contributed by atoms with Crippen LogP contribution in [0.25, 0.3) is 10.9 Å². The molecule has 120 valence electrons. The van der Waals surface area contributed by atoms with E-state index in [4.69, 9.17) is 0 Å². The van der Waals surface area contributed by atoms with Crippen molar-refractivity contribution in [3.63, 3.8) is 0 Å². The second kappa shape index (κ2) is 5.45. The molecule has 1 unspecified atom stereocenters. The van der Waals surface area contributed by atoms with Crippen molar-refractivity contribution in [2.75, 3.05) is 6.61 Å². The minimum absolute atomic E-state index is 0.191. The lowest BCUT2D eigenvalue weighted by atomic mass is 9.99. The first-order chi connectivity index (χ1) is 11.1. The lowest BCUT2D eigenvalue weighted by Crippen LogP contribution is -2.45. The molecule has 3 heterocycles. The zero-order valence-corrected chi connectivity index (χ0v) is 13.9. The number of fused-ring (bicyclic) bond motifs is 3. The van der Waals surface area contributed by atoms with Gasteiger partial charge in [0, 0.05) is 16.6 Å². The summed E-state index contributed by atoms with van der Waals surface area (Å²) in [5.41, 5.74) is 3.03. The number of benzene rings is 1. The van der Waals surface area contributed by atoms with Crippen molar-refractivity contribution < 1.29 is 13.5 Å². The summed E-state index contributed by atoms with van der Waals surface area (Å²) in [6.45, 7) is 0.0685. The topological polar surface area (TPSA) is 73.4 Å². The van der Waals surface area contributed by atoms with Gasteiger partial charge in [-0.2, -0.15) is 4.31 Å². The molecule has 2 aromatic heterocycles. The van der Waals surface area contributed by atoms with E-state index in [-0.39, 0.29) is 13.2 Å². The summed E-state index contributed by atoms with van der Waals surface area (Å²) in [5, 5.41) is 12.6. The van der Waals surface area contributed by atoms with Crippen molar-refractivity contribution in [1.29, 1.82) is 0 Å². The molecule has 7 heteroatoms. The van der Waals surface area contributed by atoms with Gasteiger partial charge in [-0.15, -0.1) is 11.3 Å². The number of nitrogens with zero attached hydrogens (tertiary/aromatic N) is 1. The zero-order valence-electron chi connectivity index (χ0n) is 12.3. The maximum Gasteiger partial charge on any atom is 0.253 e. The number of hydrogen-bond donors (Lipinski definition) is 2. The van der Waals surface area contributed by atoms with Gasteiger partial charge in [0.05, 0.1) is 19.2 Å². The average Bonchev–Trinajstić information content (AvgIpc) is 3.21. The third-order valence-corrected chi connectivity index (χ3v) is 7.60. The van der Waals surface area contributed by atoms with Crippen LogP contribution in [0.4, 0.5) is 0 Å². The SMILES string of the molecule is O=S(=O)(c1cccs1)N1Cc2[nH]c3ccccc3c2CC1CO. The molecule has 0 aliphatic carbocycles. The zero-order chi connectivity index (χ0) is 16.0. The Hall–Kier alpha value is -1.67. The van der Waals surface area contributed by atoms with Crippen LogP contribution in [0.3, 0.4) is 0 Å². The second-order valence-electron chi connectivity index (χ2n) is 5.65. The van der Waals surface area contributed by atoms with E-state index in [1.807, 2.05) is 24.3 Å². The first kappa shape index (κ1) is 14.9. The van der Waals surface area contributed by atoms with Crippen molar-refractivity contribution in [2.24, 2.45) is 0 Å². The third-order valence-electron chi connectivity index (χ3n) is 4.33. The van der Waals surface area contributed by atoms with E-state index in [0.29, 0.717) is 10.6 Å². The predicted octanol–water partition coefficient (Wildman–Crippen LogP) is 2.34. The molecule has 0 spiro atoms. The maximum absolute atomic E-state index is 12.9. The van der Waals surface area contributed by atoms with E-state index in [9.17, 15) is 13.5 Å². The Morgan fingerprint density at radius 2 is 2.09 bits per heavy atom. The predicted molar refractivity (Wildman–Crippen MR) is 89.9 cm³/mol. The number of sulfonamides is 1. The normalized spacial score (nSPS) is 19.1. The molecule has 4 rings (SSSR count). The first-order valence-corrected chi connectivity index (χ1v) is 9.68. The average molecular weight is 348 g/mol. The van der Waals surface area contributed by atoms with Crippen molar-refractivity contribution in [2.45, 2.75) is 23.2 Å². The Kier molecular flexibility index (Phi) is 3.53. The van der Waals surface area contributed by atoms with Crippen LogP contribution in [-0.4, -0.2) is 35.5 Å². The van der Waals surface area contributed by atoms with Crippen LogP contribution in [0.5, 0.6) is 0 Å². The van der Waals surface area contributed by atoms with Gasteiger partial charge in [0.1, 0.15) is 4.21 Å². The van der Waals surface area contributed by atoms with Crippen molar-refractivity contribution >= 4 is 32.3 Å². The molecule has 5 nitrogen and oxygen atoms in total. The molecule has 0 bridgehead atoms. The monoisotopic (exact) mass is 348 g/mol. The van der Waals surface area contributed by atoms with E-state index < -0.39 is 16.1 Å². The van der Waals surface area contributed by atoms with Gasteiger partial charge >= 0.3 is 0 Å². The number of aliphatic hydroxyl groups is 1. The van der Waals surface area contributed by atoms with Gasteiger partial charge in [-0.05, 0) is 29.5 Å². The summed E-state index contributed by atoms with van der Waals surface area (Å²) in [4.78, 5) is 3.32. The van der Waals surface area contributed by atoms with E-state index in [0.717, 1.165) is 22.2 Å². The fourth-order valence-electron chi connectivity index (χ4n) is 3.21. The Balaban J connectivity index is 1.81. The highest BCUT2D eigenvalue weighted by Crippen LogP contribution is 2.34. The van der Waals surface area contributed by atoms with Crippen LogP contribution in [0.2, 0.25) is 0 Å². The van der Waals surface area contributed by atoms with Gasteiger partial charge in [0.25, 0.3) is 10.0 Å². The molecule has 2 N–H and O–H groups in total. The van der Waals surface area contributed by atoms with Crippen LogP contribution in [0.1, 0.15) is 11.3 Å². The van der Waals surface area contributed by atoms with Gasteiger partial charge in [0.2, 0.25) is 0 Å². The second-order valence-corrected chi connectivity index (χ2v) is 8.72. The molecule has 1 aliphatic heterocycles. The molecule has 1 aromatic carbocycles. The minimum atomic E-state index is -3.59. The summed E-state index contributed by atoms with van der Waals surface area (Å²) in [7, 11) is -3.59. The number of nitrogens with one attached hydrogen (secondary N) is 1. The number of aromatic nitrogens is 1. The van der Waals surface area contributed by atoms with E-state index in [1.165, 1.54) is 15.6 Å².